The quantitative estimate of drug-likeness (QED) is 0.308. The molecule has 0 heterocycles. The topological polar surface area (TPSA) is 29.5 Å². The molecule has 0 rings (SSSR count). The van der Waals surface area contributed by atoms with Gasteiger partial charge in [0.2, 0.25) is 0 Å². The van der Waals surface area contributed by atoms with Crippen LogP contribution in [-0.4, -0.2) is 25.6 Å². The molecule has 0 amide bonds. The van der Waals surface area contributed by atoms with E-state index in [1.54, 1.807) is 0 Å². The highest BCUT2D eigenvalue weighted by molar-refractivity contribution is 6.74. The second-order valence-electron chi connectivity index (χ2n) is 8.00. The summed E-state index contributed by atoms with van der Waals surface area (Å²) < 4.78 is 6.54. The van der Waals surface area contributed by atoms with Crippen molar-refractivity contribution in [3.63, 3.8) is 0 Å². The highest BCUT2D eigenvalue weighted by Gasteiger charge is 2.39. The number of terminal acetylenes is 1. The lowest BCUT2D eigenvalue weighted by atomic mass is 10.0. The molecule has 2 nitrogen and oxygen atoms in total. The fraction of sp³-hybridized carbons (Fsp3) is 0.895. The van der Waals surface area contributed by atoms with Gasteiger partial charge >= 0.3 is 0 Å². The third kappa shape index (κ3) is 8.98. The molecule has 0 aromatic carbocycles. The molecular weight excluding hydrogens is 288 g/mol. The summed E-state index contributed by atoms with van der Waals surface area (Å²) in [4.78, 5) is 0. The van der Waals surface area contributed by atoms with E-state index in [1.165, 1.54) is 32.1 Å². The lowest BCUT2D eigenvalue weighted by molar-refractivity contribution is 0.0826. The lowest BCUT2D eigenvalue weighted by Crippen LogP contribution is -2.44. The van der Waals surface area contributed by atoms with E-state index in [9.17, 15) is 5.11 Å². The largest absolute Gasteiger partial charge is 0.414 e. The molecule has 0 radical (unpaired) electrons. The van der Waals surface area contributed by atoms with Crippen LogP contribution in [0.25, 0.3) is 0 Å². The predicted molar refractivity (Wildman–Crippen MR) is 99.5 cm³/mol. The number of hydrogen-bond donors (Lipinski definition) is 1. The molecule has 3 heteroatoms. The SMILES string of the molecule is C#CC[C@H](O)C[C@@H](CCCCCCC)O[Si](C)(C)C(C)(C)C. The summed E-state index contributed by atoms with van der Waals surface area (Å²) in [5.41, 5.74) is 0. The monoisotopic (exact) mass is 326 g/mol. The van der Waals surface area contributed by atoms with Gasteiger partial charge in [-0.05, 0) is 31.0 Å². The highest BCUT2D eigenvalue weighted by atomic mass is 28.4. The standard InChI is InChI=1S/C19H38O2Si/c1-8-10-11-12-13-15-18(16-17(20)14-9-2)21-22(6,7)19(3,4)5/h2,17-18,20H,8,10-16H2,1,3-7H3/t17-,18+/m0/s1. The van der Waals surface area contributed by atoms with Gasteiger partial charge in [0.05, 0.1) is 6.10 Å². The lowest BCUT2D eigenvalue weighted by Gasteiger charge is -2.39. The van der Waals surface area contributed by atoms with E-state index in [2.05, 4.69) is 46.7 Å². The molecule has 0 saturated heterocycles. The second kappa shape index (κ2) is 10.5. The molecule has 0 aromatic rings. The molecule has 0 aliphatic carbocycles. The summed E-state index contributed by atoms with van der Waals surface area (Å²) in [5, 5.41) is 10.3. The zero-order valence-electron chi connectivity index (χ0n) is 15.7. The summed E-state index contributed by atoms with van der Waals surface area (Å²) in [6.07, 6.45) is 13.5. The number of aliphatic hydroxyl groups excluding tert-OH is 1. The summed E-state index contributed by atoms with van der Waals surface area (Å²) >= 11 is 0. The minimum atomic E-state index is -1.80. The van der Waals surface area contributed by atoms with Gasteiger partial charge in [0.1, 0.15) is 0 Å². The Morgan fingerprint density at radius 1 is 1.14 bits per heavy atom. The number of unbranched alkanes of at least 4 members (excludes halogenated alkanes) is 4. The van der Waals surface area contributed by atoms with Crippen molar-refractivity contribution in [3.05, 3.63) is 0 Å². The van der Waals surface area contributed by atoms with E-state index in [1.807, 2.05) is 0 Å². The molecular formula is C19H38O2Si. The molecule has 1 N–H and O–H groups in total. The maximum Gasteiger partial charge on any atom is 0.192 e. The number of rotatable bonds is 11. The fourth-order valence-corrected chi connectivity index (χ4v) is 3.72. The van der Waals surface area contributed by atoms with E-state index in [-0.39, 0.29) is 11.1 Å². The van der Waals surface area contributed by atoms with Crippen LogP contribution in [-0.2, 0) is 4.43 Å². The average Bonchev–Trinajstić information content (AvgIpc) is 2.36. The zero-order chi connectivity index (χ0) is 17.2. The van der Waals surface area contributed by atoms with Gasteiger partial charge in [0.15, 0.2) is 8.32 Å². The van der Waals surface area contributed by atoms with Gasteiger partial charge in [-0.1, -0.05) is 59.8 Å². The van der Waals surface area contributed by atoms with Crippen molar-refractivity contribution in [1.82, 2.24) is 0 Å². The van der Waals surface area contributed by atoms with E-state index >= 15 is 0 Å². The van der Waals surface area contributed by atoms with Crippen LogP contribution < -0.4 is 0 Å². The first-order valence-corrected chi connectivity index (χ1v) is 11.8. The van der Waals surface area contributed by atoms with Crippen LogP contribution in [0.2, 0.25) is 18.1 Å². The molecule has 0 aliphatic rings. The van der Waals surface area contributed by atoms with E-state index in [4.69, 9.17) is 10.8 Å². The predicted octanol–water partition coefficient (Wildman–Crippen LogP) is 5.51. The van der Waals surface area contributed by atoms with Crippen LogP contribution >= 0.6 is 0 Å². The Bertz CT molecular complexity index is 325. The molecule has 0 bridgehead atoms. The van der Waals surface area contributed by atoms with Crippen LogP contribution in [0.15, 0.2) is 0 Å². The van der Waals surface area contributed by atoms with Gasteiger partial charge in [-0.25, -0.2) is 0 Å². The van der Waals surface area contributed by atoms with Crippen LogP contribution in [0.5, 0.6) is 0 Å². The number of aliphatic hydroxyl groups is 1. The van der Waals surface area contributed by atoms with E-state index < -0.39 is 14.4 Å². The maximum absolute atomic E-state index is 10.1. The van der Waals surface area contributed by atoms with Crippen molar-refractivity contribution in [2.75, 3.05) is 0 Å². The van der Waals surface area contributed by atoms with Crippen molar-refractivity contribution in [1.29, 1.82) is 0 Å². The third-order valence-electron chi connectivity index (χ3n) is 4.79. The van der Waals surface area contributed by atoms with Crippen LogP contribution in [0.4, 0.5) is 0 Å². The summed E-state index contributed by atoms with van der Waals surface area (Å²) in [6, 6.07) is 0. The maximum atomic E-state index is 10.1. The Morgan fingerprint density at radius 2 is 1.73 bits per heavy atom. The Labute approximate surface area is 140 Å². The molecule has 0 spiro atoms. The Balaban J connectivity index is 4.55. The zero-order valence-corrected chi connectivity index (χ0v) is 16.7. The second-order valence-corrected chi connectivity index (χ2v) is 12.8. The van der Waals surface area contributed by atoms with Crippen molar-refractivity contribution in [2.45, 2.75) is 109 Å². The van der Waals surface area contributed by atoms with Gasteiger partial charge in [-0.2, -0.15) is 0 Å². The van der Waals surface area contributed by atoms with Crippen LogP contribution in [0.1, 0.15) is 79.1 Å². The molecule has 0 unspecified atom stereocenters. The molecule has 0 aliphatic heterocycles. The van der Waals surface area contributed by atoms with Gasteiger partial charge in [0.25, 0.3) is 0 Å². The minimum Gasteiger partial charge on any atom is -0.414 e. The molecule has 0 aromatic heterocycles. The first-order chi connectivity index (χ1) is 10.1. The average molecular weight is 327 g/mol. The summed E-state index contributed by atoms with van der Waals surface area (Å²) in [7, 11) is -1.80. The minimum absolute atomic E-state index is 0.144. The first-order valence-electron chi connectivity index (χ1n) is 8.93. The molecule has 2 atom stereocenters. The smallest absolute Gasteiger partial charge is 0.192 e. The Morgan fingerprint density at radius 3 is 2.23 bits per heavy atom. The Hall–Kier alpha value is -0.303. The summed E-state index contributed by atoms with van der Waals surface area (Å²) in [6.45, 7) is 13.6. The fourth-order valence-electron chi connectivity index (χ4n) is 2.32. The molecule has 0 saturated carbocycles. The van der Waals surface area contributed by atoms with E-state index in [0.717, 1.165) is 6.42 Å². The number of hydrogen-bond acceptors (Lipinski definition) is 2. The first kappa shape index (κ1) is 21.7. The highest BCUT2D eigenvalue weighted by Crippen LogP contribution is 2.38. The Kier molecular flexibility index (Phi) is 10.3. The van der Waals surface area contributed by atoms with E-state index in [0.29, 0.717) is 12.8 Å². The van der Waals surface area contributed by atoms with Gasteiger partial charge in [-0.3, -0.25) is 0 Å². The van der Waals surface area contributed by atoms with Crippen molar-refractivity contribution >= 4 is 8.32 Å². The van der Waals surface area contributed by atoms with Crippen molar-refractivity contribution < 1.29 is 9.53 Å². The molecule has 130 valence electrons. The van der Waals surface area contributed by atoms with Crippen molar-refractivity contribution in [3.8, 4) is 12.3 Å². The van der Waals surface area contributed by atoms with Gasteiger partial charge in [-0.15, -0.1) is 12.3 Å². The normalized spacial score (nSPS) is 15.4. The molecule has 22 heavy (non-hydrogen) atoms. The third-order valence-corrected chi connectivity index (χ3v) is 9.32. The van der Waals surface area contributed by atoms with Gasteiger partial charge < -0.3 is 9.53 Å². The van der Waals surface area contributed by atoms with Crippen molar-refractivity contribution in [2.24, 2.45) is 0 Å². The molecule has 0 fully saturated rings. The van der Waals surface area contributed by atoms with Crippen LogP contribution in [0.3, 0.4) is 0 Å². The summed E-state index contributed by atoms with van der Waals surface area (Å²) in [5.74, 6) is 2.56. The van der Waals surface area contributed by atoms with Crippen LogP contribution in [0, 0.1) is 12.3 Å². The van der Waals surface area contributed by atoms with Gasteiger partial charge in [0, 0.05) is 12.5 Å².